The van der Waals surface area contributed by atoms with E-state index in [9.17, 15) is 4.79 Å². The van der Waals surface area contributed by atoms with Gasteiger partial charge in [0.25, 0.3) is 0 Å². The van der Waals surface area contributed by atoms with Crippen LogP contribution >= 0.6 is 0 Å². The number of nitrogens with zero attached hydrogens (tertiary/aromatic N) is 3. The van der Waals surface area contributed by atoms with Crippen molar-refractivity contribution in [2.24, 2.45) is 7.05 Å². The van der Waals surface area contributed by atoms with Crippen molar-refractivity contribution in [1.82, 2.24) is 20.0 Å². The zero-order valence-electron chi connectivity index (χ0n) is 14.3. The van der Waals surface area contributed by atoms with Crippen LogP contribution in [0.25, 0.3) is 0 Å². The number of rotatable bonds is 5. The van der Waals surface area contributed by atoms with Crippen molar-refractivity contribution in [2.45, 2.75) is 46.3 Å². The summed E-state index contributed by atoms with van der Waals surface area (Å²) in [5.74, 6) is 0.0635. The van der Waals surface area contributed by atoms with Crippen molar-refractivity contribution >= 4 is 5.91 Å². The van der Waals surface area contributed by atoms with Gasteiger partial charge in [0, 0.05) is 44.5 Å². The van der Waals surface area contributed by atoms with Crippen LogP contribution in [0.4, 0.5) is 0 Å². The molecule has 6 nitrogen and oxygen atoms in total. The predicted octanol–water partition coefficient (Wildman–Crippen LogP) is 0.805. The van der Waals surface area contributed by atoms with Gasteiger partial charge in [-0.3, -0.25) is 14.4 Å². The lowest BCUT2D eigenvalue weighted by atomic mass is 10.1. The number of nitrogens with one attached hydrogen (secondary N) is 1. The lowest BCUT2D eigenvalue weighted by Crippen LogP contribution is -2.48. The van der Waals surface area contributed by atoms with Crippen molar-refractivity contribution in [1.29, 1.82) is 0 Å². The Morgan fingerprint density at radius 3 is 2.50 bits per heavy atom. The molecule has 1 aromatic heterocycles. The normalized spacial score (nSPS) is 22.8. The highest BCUT2D eigenvalue weighted by molar-refractivity contribution is 5.79. The van der Waals surface area contributed by atoms with Crippen LogP contribution in [0.2, 0.25) is 0 Å². The maximum atomic E-state index is 12.1. The molecule has 1 N–H and O–H groups in total. The molecule has 1 aromatic rings. The van der Waals surface area contributed by atoms with Gasteiger partial charge in [-0.15, -0.1) is 0 Å². The monoisotopic (exact) mass is 308 g/mol. The van der Waals surface area contributed by atoms with Crippen LogP contribution in [0, 0.1) is 13.8 Å². The van der Waals surface area contributed by atoms with Crippen molar-refractivity contribution in [3.8, 4) is 0 Å². The van der Waals surface area contributed by atoms with Crippen molar-refractivity contribution < 1.29 is 9.53 Å². The number of carbonyl (C=O) groups is 1. The third kappa shape index (κ3) is 4.30. The molecule has 1 aliphatic rings. The van der Waals surface area contributed by atoms with Gasteiger partial charge in [0.2, 0.25) is 5.91 Å². The lowest BCUT2D eigenvalue weighted by Gasteiger charge is -2.35. The maximum absolute atomic E-state index is 12.1. The van der Waals surface area contributed by atoms with Gasteiger partial charge >= 0.3 is 0 Å². The molecule has 0 radical (unpaired) electrons. The van der Waals surface area contributed by atoms with Gasteiger partial charge in [-0.2, -0.15) is 5.10 Å². The molecule has 22 heavy (non-hydrogen) atoms. The maximum Gasteiger partial charge on any atom is 0.224 e. The molecule has 1 amide bonds. The van der Waals surface area contributed by atoms with E-state index in [1.54, 1.807) is 0 Å². The quantitative estimate of drug-likeness (QED) is 0.874. The molecule has 1 saturated heterocycles. The van der Waals surface area contributed by atoms with Gasteiger partial charge in [-0.1, -0.05) is 0 Å². The molecule has 0 saturated carbocycles. The Morgan fingerprint density at radius 2 is 1.95 bits per heavy atom. The Balaban J connectivity index is 1.76. The molecule has 1 aliphatic heterocycles. The number of hydrogen-bond donors (Lipinski definition) is 1. The Labute approximate surface area is 132 Å². The third-order valence-electron chi connectivity index (χ3n) is 4.24. The Bertz CT molecular complexity index is 516. The molecule has 6 heteroatoms. The van der Waals surface area contributed by atoms with Gasteiger partial charge in [0.05, 0.1) is 24.3 Å². The van der Waals surface area contributed by atoms with Gasteiger partial charge in [-0.25, -0.2) is 0 Å². The predicted molar refractivity (Wildman–Crippen MR) is 85.8 cm³/mol. The van der Waals surface area contributed by atoms with E-state index in [4.69, 9.17) is 4.74 Å². The highest BCUT2D eigenvalue weighted by Gasteiger charge is 2.21. The summed E-state index contributed by atoms with van der Waals surface area (Å²) in [6, 6.07) is 0. The number of ether oxygens (including phenoxy) is 1. The fourth-order valence-electron chi connectivity index (χ4n) is 3.12. The second-order valence-corrected chi connectivity index (χ2v) is 6.32. The van der Waals surface area contributed by atoms with E-state index < -0.39 is 0 Å². The smallest absolute Gasteiger partial charge is 0.224 e. The molecular weight excluding hydrogens is 280 g/mol. The number of aromatic nitrogens is 2. The molecule has 0 spiro atoms. The first-order chi connectivity index (χ1) is 10.4. The summed E-state index contributed by atoms with van der Waals surface area (Å²) in [5.41, 5.74) is 3.03. The van der Waals surface area contributed by atoms with E-state index in [-0.39, 0.29) is 18.1 Å². The molecule has 124 valence electrons. The molecule has 2 rings (SSSR count). The van der Waals surface area contributed by atoms with E-state index in [0.717, 1.165) is 36.6 Å². The van der Waals surface area contributed by atoms with Crippen molar-refractivity contribution in [3.05, 3.63) is 17.0 Å². The summed E-state index contributed by atoms with van der Waals surface area (Å²) < 4.78 is 7.54. The number of carbonyl (C=O) groups excluding carboxylic acids is 1. The van der Waals surface area contributed by atoms with Gasteiger partial charge in [0.1, 0.15) is 0 Å². The molecule has 1 fully saturated rings. The van der Waals surface area contributed by atoms with E-state index in [1.165, 1.54) is 0 Å². The lowest BCUT2D eigenvalue weighted by molar-refractivity contribution is -0.120. The van der Waals surface area contributed by atoms with Crippen LogP contribution in [0.5, 0.6) is 0 Å². The number of hydrogen-bond acceptors (Lipinski definition) is 4. The van der Waals surface area contributed by atoms with Gasteiger partial charge < -0.3 is 10.1 Å². The van der Waals surface area contributed by atoms with Crippen LogP contribution in [0.3, 0.4) is 0 Å². The van der Waals surface area contributed by atoms with E-state index in [0.29, 0.717) is 13.0 Å². The topological polar surface area (TPSA) is 59.4 Å². The fraction of sp³-hybridized carbons (Fsp3) is 0.750. The first-order valence-electron chi connectivity index (χ1n) is 8.00. The second-order valence-electron chi connectivity index (χ2n) is 6.32. The van der Waals surface area contributed by atoms with Gasteiger partial charge in [-0.05, 0) is 27.7 Å². The molecular formula is C16H28N4O2. The highest BCUT2D eigenvalue weighted by atomic mass is 16.5. The molecule has 2 heterocycles. The number of amides is 1. The zero-order valence-corrected chi connectivity index (χ0v) is 14.3. The second kappa shape index (κ2) is 7.24. The Hall–Kier alpha value is -1.40. The summed E-state index contributed by atoms with van der Waals surface area (Å²) in [4.78, 5) is 14.5. The largest absolute Gasteiger partial charge is 0.373 e. The van der Waals surface area contributed by atoms with Crippen molar-refractivity contribution in [3.63, 3.8) is 0 Å². The SMILES string of the molecule is Cc1nn(C)c(C)c1CC(=O)NCCN1C[C@H](C)O[C@@H](C)C1. The highest BCUT2D eigenvalue weighted by Crippen LogP contribution is 2.12. The minimum atomic E-state index is 0.0635. The number of aryl methyl sites for hydroxylation is 2. The average Bonchev–Trinajstić information content (AvgIpc) is 2.64. The molecule has 2 atom stereocenters. The minimum absolute atomic E-state index is 0.0635. The van der Waals surface area contributed by atoms with E-state index in [2.05, 4.69) is 29.2 Å². The van der Waals surface area contributed by atoms with E-state index >= 15 is 0 Å². The average molecular weight is 308 g/mol. The van der Waals surface area contributed by atoms with E-state index in [1.807, 2.05) is 25.6 Å². The standard InChI is InChI=1S/C16H28N4O2/c1-11-9-20(10-12(2)22-11)7-6-17-16(21)8-15-13(3)18-19(5)14(15)4/h11-12H,6-10H2,1-5H3,(H,17,21)/t11-,12-/m0/s1. The van der Waals surface area contributed by atoms with Crippen LogP contribution < -0.4 is 5.32 Å². The Kier molecular flexibility index (Phi) is 5.58. The molecule has 0 bridgehead atoms. The first-order valence-corrected chi connectivity index (χ1v) is 8.00. The van der Waals surface area contributed by atoms with Crippen LogP contribution in [-0.2, 0) is 23.0 Å². The molecule has 0 aliphatic carbocycles. The van der Waals surface area contributed by atoms with Crippen LogP contribution in [0.1, 0.15) is 30.8 Å². The van der Waals surface area contributed by atoms with Crippen molar-refractivity contribution in [2.75, 3.05) is 26.2 Å². The number of morpholine rings is 1. The summed E-state index contributed by atoms with van der Waals surface area (Å²) in [5, 5.41) is 7.36. The summed E-state index contributed by atoms with van der Waals surface area (Å²) >= 11 is 0. The van der Waals surface area contributed by atoms with Crippen LogP contribution in [-0.4, -0.2) is 59.0 Å². The minimum Gasteiger partial charge on any atom is -0.373 e. The fourth-order valence-corrected chi connectivity index (χ4v) is 3.12. The summed E-state index contributed by atoms with van der Waals surface area (Å²) in [6.07, 6.45) is 0.932. The first kappa shape index (κ1) is 17.0. The van der Waals surface area contributed by atoms with Crippen LogP contribution in [0.15, 0.2) is 0 Å². The summed E-state index contributed by atoms with van der Waals surface area (Å²) in [6.45, 7) is 11.5. The Morgan fingerprint density at radius 1 is 1.32 bits per heavy atom. The molecule has 0 unspecified atom stereocenters. The molecule has 0 aromatic carbocycles. The zero-order chi connectivity index (χ0) is 16.3. The van der Waals surface area contributed by atoms with Gasteiger partial charge in [0.15, 0.2) is 0 Å². The third-order valence-corrected chi connectivity index (χ3v) is 4.24. The summed E-state index contributed by atoms with van der Waals surface area (Å²) in [7, 11) is 1.91.